The Bertz CT molecular complexity index is 445. The maximum absolute atomic E-state index is 11.4. The number of anilines is 1. The molecule has 0 aliphatic heterocycles. The van der Waals surface area contributed by atoms with Crippen molar-refractivity contribution < 1.29 is 4.79 Å². The van der Waals surface area contributed by atoms with E-state index in [4.69, 9.17) is 0 Å². The van der Waals surface area contributed by atoms with Crippen molar-refractivity contribution in [1.82, 2.24) is 15.5 Å². The molecule has 0 radical (unpaired) electrons. The molecule has 5 heteroatoms. The van der Waals surface area contributed by atoms with Crippen LogP contribution in [0.1, 0.15) is 50.0 Å². The van der Waals surface area contributed by atoms with Gasteiger partial charge in [-0.05, 0) is 49.1 Å². The van der Waals surface area contributed by atoms with Crippen LogP contribution in [0.3, 0.4) is 0 Å². The molecule has 1 aliphatic carbocycles. The Morgan fingerprint density at radius 3 is 2.55 bits per heavy atom. The molecule has 1 amide bonds. The summed E-state index contributed by atoms with van der Waals surface area (Å²) in [6, 6.07) is 3.50. The summed E-state index contributed by atoms with van der Waals surface area (Å²) >= 11 is 0. The molecule has 5 nitrogen and oxygen atoms in total. The minimum atomic E-state index is -0.210. The molecule has 2 rings (SSSR count). The predicted molar refractivity (Wildman–Crippen MR) is 79.7 cm³/mol. The van der Waals surface area contributed by atoms with Crippen molar-refractivity contribution in [2.45, 2.75) is 39.5 Å². The van der Waals surface area contributed by atoms with E-state index in [0.29, 0.717) is 17.0 Å². The summed E-state index contributed by atoms with van der Waals surface area (Å²) in [5.74, 6) is 1.24. The van der Waals surface area contributed by atoms with Crippen LogP contribution in [0.5, 0.6) is 0 Å². The predicted octanol–water partition coefficient (Wildman–Crippen LogP) is 2.46. The van der Waals surface area contributed by atoms with Crippen molar-refractivity contribution in [3.05, 3.63) is 17.8 Å². The van der Waals surface area contributed by atoms with Gasteiger partial charge in [-0.25, -0.2) is 0 Å². The van der Waals surface area contributed by atoms with Crippen LogP contribution < -0.4 is 10.6 Å². The van der Waals surface area contributed by atoms with Crippen LogP contribution in [0.25, 0.3) is 0 Å². The maximum Gasteiger partial charge on any atom is 0.271 e. The lowest BCUT2D eigenvalue weighted by molar-refractivity contribution is 0.0957. The number of nitrogens with one attached hydrogen (secondary N) is 2. The molecule has 0 aromatic carbocycles. The van der Waals surface area contributed by atoms with Gasteiger partial charge in [-0.2, -0.15) is 0 Å². The van der Waals surface area contributed by atoms with E-state index < -0.39 is 0 Å². The van der Waals surface area contributed by atoms with Gasteiger partial charge in [0.1, 0.15) is 5.82 Å². The lowest BCUT2D eigenvalue weighted by atomic mass is 9.73. The van der Waals surface area contributed by atoms with E-state index in [1.54, 1.807) is 13.1 Å². The molecule has 2 N–H and O–H groups in total. The molecule has 1 aromatic heterocycles. The number of aromatic nitrogens is 2. The van der Waals surface area contributed by atoms with Gasteiger partial charge in [-0.3, -0.25) is 4.79 Å². The summed E-state index contributed by atoms with van der Waals surface area (Å²) < 4.78 is 0. The second kappa shape index (κ2) is 6.20. The molecule has 1 heterocycles. The molecule has 1 aliphatic rings. The summed E-state index contributed by atoms with van der Waals surface area (Å²) in [7, 11) is 1.58. The first-order chi connectivity index (χ1) is 9.50. The third-order valence-electron chi connectivity index (χ3n) is 4.15. The van der Waals surface area contributed by atoms with Crippen LogP contribution in [-0.2, 0) is 0 Å². The van der Waals surface area contributed by atoms with Gasteiger partial charge in [0.25, 0.3) is 5.91 Å². The molecule has 0 saturated heterocycles. The van der Waals surface area contributed by atoms with E-state index in [0.717, 1.165) is 12.4 Å². The zero-order valence-electron chi connectivity index (χ0n) is 12.6. The molecule has 0 spiro atoms. The van der Waals surface area contributed by atoms with Gasteiger partial charge in [0.15, 0.2) is 5.69 Å². The summed E-state index contributed by atoms with van der Waals surface area (Å²) in [5, 5.41) is 13.8. The van der Waals surface area contributed by atoms with Gasteiger partial charge in [0.2, 0.25) is 0 Å². The van der Waals surface area contributed by atoms with E-state index in [2.05, 4.69) is 34.7 Å². The first-order valence-electron chi connectivity index (χ1n) is 7.30. The second-order valence-electron chi connectivity index (χ2n) is 6.37. The molecule has 0 bridgehead atoms. The number of rotatable bonds is 4. The highest BCUT2D eigenvalue weighted by atomic mass is 16.1. The summed E-state index contributed by atoms with van der Waals surface area (Å²) in [6.45, 7) is 5.63. The summed E-state index contributed by atoms with van der Waals surface area (Å²) in [6.07, 6.45) is 5.12. The molecular weight excluding hydrogens is 252 g/mol. The molecule has 1 saturated carbocycles. The normalized spacial score (nSPS) is 18.6. The van der Waals surface area contributed by atoms with Crippen LogP contribution in [-0.4, -0.2) is 29.7 Å². The van der Waals surface area contributed by atoms with Crippen molar-refractivity contribution in [2.24, 2.45) is 11.3 Å². The van der Waals surface area contributed by atoms with Gasteiger partial charge >= 0.3 is 0 Å². The minimum absolute atomic E-state index is 0.210. The highest BCUT2D eigenvalue weighted by Gasteiger charge is 2.26. The van der Waals surface area contributed by atoms with Crippen LogP contribution in [0.15, 0.2) is 12.1 Å². The Morgan fingerprint density at radius 2 is 2.00 bits per heavy atom. The van der Waals surface area contributed by atoms with Gasteiger partial charge in [-0.1, -0.05) is 13.8 Å². The number of carbonyl (C=O) groups is 1. The third kappa shape index (κ3) is 3.92. The number of hydrogen-bond donors (Lipinski definition) is 2. The fraction of sp³-hybridized carbons (Fsp3) is 0.667. The zero-order valence-corrected chi connectivity index (χ0v) is 12.6. The highest BCUT2D eigenvalue weighted by Crippen LogP contribution is 2.37. The van der Waals surface area contributed by atoms with Crippen molar-refractivity contribution >= 4 is 11.7 Å². The Hall–Kier alpha value is -1.65. The van der Waals surface area contributed by atoms with E-state index >= 15 is 0 Å². The van der Waals surface area contributed by atoms with Gasteiger partial charge < -0.3 is 10.6 Å². The lowest BCUT2D eigenvalue weighted by Gasteiger charge is -2.34. The van der Waals surface area contributed by atoms with Crippen molar-refractivity contribution in [2.75, 3.05) is 18.9 Å². The van der Waals surface area contributed by atoms with Crippen LogP contribution in [0.4, 0.5) is 5.82 Å². The van der Waals surface area contributed by atoms with E-state index in [-0.39, 0.29) is 5.91 Å². The first kappa shape index (κ1) is 14.8. The quantitative estimate of drug-likeness (QED) is 0.886. The lowest BCUT2D eigenvalue weighted by Crippen LogP contribution is -2.26. The summed E-state index contributed by atoms with van der Waals surface area (Å²) in [4.78, 5) is 11.4. The van der Waals surface area contributed by atoms with Crippen LogP contribution >= 0.6 is 0 Å². The average molecular weight is 276 g/mol. The fourth-order valence-corrected chi connectivity index (χ4v) is 2.59. The third-order valence-corrected chi connectivity index (χ3v) is 4.15. The Labute approximate surface area is 120 Å². The van der Waals surface area contributed by atoms with Crippen molar-refractivity contribution in [1.29, 1.82) is 0 Å². The molecule has 1 fully saturated rings. The minimum Gasteiger partial charge on any atom is -0.368 e. The van der Waals surface area contributed by atoms with Crippen molar-refractivity contribution in [3.8, 4) is 0 Å². The molecule has 0 atom stereocenters. The van der Waals surface area contributed by atoms with Gasteiger partial charge in [-0.15, -0.1) is 10.2 Å². The van der Waals surface area contributed by atoms with Crippen molar-refractivity contribution in [3.63, 3.8) is 0 Å². The maximum atomic E-state index is 11.4. The van der Waals surface area contributed by atoms with Crippen LogP contribution in [0, 0.1) is 11.3 Å². The second-order valence-corrected chi connectivity index (χ2v) is 6.37. The molecule has 0 unspecified atom stereocenters. The number of carbonyl (C=O) groups excluding carboxylic acids is 1. The fourth-order valence-electron chi connectivity index (χ4n) is 2.59. The summed E-state index contributed by atoms with van der Waals surface area (Å²) in [5.41, 5.74) is 0.850. The largest absolute Gasteiger partial charge is 0.368 e. The topological polar surface area (TPSA) is 66.9 Å². The number of nitrogens with zero attached hydrogens (tertiary/aromatic N) is 2. The van der Waals surface area contributed by atoms with Gasteiger partial charge in [0, 0.05) is 13.6 Å². The molecule has 20 heavy (non-hydrogen) atoms. The molecule has 1 aromatic rings. The molecule has 110 valence electrons. The smallest absolute Gasteiger partial charge is 0.271 e. The Kier molecular flexibility index (Phi) is 4.57. The zero-order chi connectivity index (χ0) is 14.6. The molecular formula is C15H24N4O. The highest BCUT2D eigenvalue weighted by molar-refractivity contribution is 5.91. The Balaban J connectivity index is 1.81. The monoisotopic (exact) mass is 276 g/mol. The van der Waals surface area contributed by atoms with E-state index in [1.165, 1.54) is 25.7 Å². The number of hydrogen-bond acceptors (Lipinski definition) is 4. The average Bonchev–Trinajstić information content (AvgIpc) is 2.46. The van der Waals surface area contributed by atoms with E-state index in [1.807, 2.05) is 6.07 Å². The first-order valence-corrected chi connectivity index (χ1v) is 7.30. The number of amides is 1. The van der Waals surface area contributed by atoms with Gasteiger partial charge in [0.05, 0.1) is 0 Å². The van der Waals surface area contributed by atoms with E-state index in [9.17, 15) is 4.79 Å². The van der Waals surface area contributed by atoms with Crippen LogP contribution in [0.2, 0.25) is 0 Å². The Morgan fingerprint density at radius 1 is 1.30 bits per heavy atom. The SMILES string of the molecule is CNC(=O)c1ccc(NCC2CCC(C)(C)CC2)nn1. The standard InChI is InChI=1S/C15H24N4O/c1-15(2)8-6-11(7-9-15)10-17-13-5-4-12(18-19-13)14(20)16-3/h4-5,11H,6-10H2,1-3H3,(H,16,20)(H,17,19).